The van der Waals surface area contributed by atoms with Gasteiger partial charge in [-0.2, -0.15) is 4.99 Å². The average molecular weight is 155 g/mol. The zero-order valence-electron chi connectivity index (χ0n) is 6.79. The molecule has 4 heteroatoms. The highest BCUT2D eigenvalue weighted by molar-refractivity contribution is 5.94. The van der Waals surface area contributed by atoms with Gasteiger partial charge in [-0.15, -0.1) is 0 Å². The van der Waals surface area contributed by atoms with Gasteiger partial charge in [0.1, 0.15) is 0 Å². The Morgan fingerprint density at radius 2 is 2.00 bits per heavy atom. The third-order valence-corrected chi connectivity index (χ3v) is 2.05. The molecule has 0 heterocycles. The second-order valence-electron chi connectivity index (χ2n) is 3.62. The summed E-state index contributed by atoms with van der Waals surface area (Å²) in [7, 11) is 0. The number of rotatable bonds is 1. The number of guanidine groups is 1. The van der Waals surface area contributed by atoms with Gasteiger partial charge in [-0.1, -0.05) is 13.8 Å². The van der Waals surface area contributed by atoms with Crippen LogP contribution in [0.4, 0.5) is 0 Å². The molecule has 1 atom stereocenters. The first kappa shape index (κ1) is 8.04. The van der Waals surface area contributed by atoms with Gasteiger partial charge in [0.05, 0.1) is 0 Å². The van der Waals surface area contributed by atoms with E-state index >= 15 is 0 Å². The normalized spacial score (nSPS) is 25.8. The summed E-state index contributed by atoms with van der Waals surface area (Å²) in [6, 6.07) is 0. The summed E-state index contributed by atoms with van der Waals surface area (Å²) in [6.07, 6.45) is 0.891. The molecule has 0 aromatic rings. The van der Waals surface area contributed by atoms with Gasteiger partial charge in [-0.25, -0.2) is 0 Å². The molecule has 1 aliphatic rings. The number of amides is 1. The third kappa shape index (κ3) is 1.69. The molecule has 0 aromatic carbocycles. The van der Waals surface area contributed by atoms with Crippen LogP contribution in [0.1, 0.15) is 20.3 Å². The SMILES string of the molecule is CC1(C)CC1C(=O)N=C(N)N. The number of carbonyl (C=O) groups excluding carboxylic acids is 1. The van der Waals surface area contributed by atoms with Crippen molar-refractivity contribution in [2.45, 2.75) is 20.3 Å². The zero-order chi connectivity index (χ0) is 8.65. The first-order valence-electron chi connectivity index (χ1n) is 3.57. The van der Waals surface area contributed by atoms with E-state index < -0.39 is 0 Å². The summed E-state index contributed by atoms with van der Waals surface area (Å²) in [5.74, 6) is -0.294. The minimum Gasteiger partial charge on any atom is -0.370 e. The fourth-order valence-corrected chi connectivity index (χ4v) is 1.09. The van der Waals surface area contributed by atoms with Crippen LogP contribution in [-0.2, 0) is 4.79 Å². The lowest BCUT2D eigenvalue weighted by Gasteiger charge is -1.97. The summed E-state index contributed by atoms with van der Waals surface area (Å²) in [4.78, 5) is 14.6. The molecule has 0 aromatic heterocycles. The molecule has 1 rings (SSSR count). The van der Waals surface area contributed by atoms with Crippen molar-refractivity contribution < 1.29 is 4.79 Å². The largest absolute Gasteiger partial charge is 0.370 e. The van der Waals surface area contributed by atoms with Gasteiger partial charge in [0, 0.05) is 5.92 Å². The van der Waals surface area contributed by atoms with Crippen LogP contribution in [0.5, 0.6) is 0 Å². The van der Waals surface area contributed by atoms with E-state index in [4.69, 9.17) is 11.5 Å². The van der Waals surface area contributed by atoms with E-state index in [-0.39, 0.29) is 23.2 Å². The van der Waals surface area contributed by atoms with E-state index in [1.165, 1.54) is 0 Å². The number of carbonyl (C=O) groups is 1. The van der Waals surface area contributed by atoms with E-state index in [1.807, 2.05) is 13.8 Å². The second kappa shape index (κ2) is 2.22. The fourth-order valence-electron chi connectivity index (χ4n) is 1.09. The van der Waals surface area contributed by atoms with Crippen molar-refractivity contribution in [2.24, 2.45) is 27.8 Å². The highest BCUT2D eigenvalue weighted by Crippen LogP contribution is 2.52. The molecule has 62 valence electrons. The first-order chi connectivity index (χ1) is 4.93. The Morgan fingerprint density at radius 3 is 2.27 bits per heavy atom. The van der Waals surface area contributed by atoms with E-state index in [0.29, 0.717) is 0 Å². The zero-order valence-corrected chi connectivity index (χ0v) is 6.79. The van der Waals surface area contributed by atoms with E-state index in [2.05, 4.69) is 4.99 Å². The van der Waals surface area contributed by atoms with Gasteiger partial charge in [0.25, 0.3) is 5.91 Å². The minimum absolute atomic E-state index is 0.0320. The van der Waals surface area contributed by atoms with Crippen LogP contribution in [0.15, 0.2) is 4.99 Å². The lowest BCUT2D eigenvalue weighted by atomic mass is 10.1. The van der Waals surface area contributed by atoms with Crippen molar-refractivity contribution in [1.82, 2.24) is 0 Å². The van der Waals surface area contributed by atoms with Crippen LogP contribution in [0, 0.1) is 11.3 Å². The number of hydrogen-bond donors (Lipinski definition) is 2. The Bertz CT molecular complexity index is 216. The highest BCUT2D eigenvalue weighted by atomic mass is 16.1. The molecule has 1 fully saturated rings. The number of nitrogens with two attached hydrogens (primary N) is 2. The molecule has 4 N–H and O–H groups in total. The quantitative estimate of drug-likeness (QED) is 0.407. The van der Waals surface area contributed by atoms with Crippen LogP contribution < -0.4 is 11.5 Å². The topological polar surface area (TPSA) is 81.5 Å². The van der Waals surface area contributed by atoms with Crippen molar-refractivity contribution in [3.05, 3.63) is 0 Å². The number of aliphatic imine (C=N–C) groups is 1. The molecular weight excluding hydrogens is 142 g/mol. The van der Waals surface area contributed by atoms with E-state index in [9.17, 15) is 4.79 Å². The van der Waals surface area contributed by atoms with E-state index in [1.54, 1.807) is 0 Å². The van der Waals surface area contributed by atoms with Crippen LogP contribution in [0.25, 0.3) is 0 Å². The summed E-state index contributed by atoms with van der Waals surface area (Å²) in [5, 5.41) is 0. The monoisotopic (exact) mass is 155 g/mol. The lowest BCUT2D eigenvalue weighted by Crippen LogP contribution is -2.24. The Morgan fingerprint density at radius 1 is 1.55 bits per heavy atom. The molecule has 0 radical (unpaired) electrons. The highest BCUT2D eigenvalue weighted by Gasteiger charge is 2.50. The van der Waals surface area contributed by atoms with Gasteiger partial charge in [0.2, 0.25) is 0 Å². The summed E-state index contributed by atoms with van der Waals surface area (Å²) >= 11 is 0. The molecule has 1 unspecified atom stereocenters. The molecule has 11 heavy (non-hydrogen) atoms. The Labute approximate surface area is 65.7 Å². The molecule has 4 nitrogen and oxygen atoms in total. The van der Waals surface area contributed by atoms with Gasteiger partial charge in [0.15, 0.2) is 5.96 Å². The van der Waals surface area contributed by atoms with Crippen LogP contribution in [0.3, 0.4) is 0 Å². The second-order valence-corrected chi connectivity index (χ2v) is 3.62. The van der Waals surface area contributed by atoms with Crippen molar-refractivity contribution in [2.75, 3.05) is 0 Å². The van der Waals surface area contributed by atoms with Crippen LogP contribution in [0.2, 0.25) is 0 Å². The molecule has 0 spiro atoms. The maximum absolute atomic E-state index is 11.1. The predicted octanol–water partition coefficient (Wildman–Crippen LogP) is -0.167. The summed E-state index contributed by atoms with van der Waals surface area (Å²) in [6.45, 7) is 4.05. The summed E-state index contributed by atoms with van der Waals surface area (Å²) < 4.78 is 0. The van der Waals surface area contributed by atoms with E-state index in [0.717, 1.165) is 6.42 Å². The first-order valence-corrected chi connectivity index (χ1v) is 3.57. The minimum atomic E-state index is -0.185. The summed E-state index contributed by atoms with van der Waals surface area (Å²) in [5.41, 5.74) is 10.2. The Balaban J connectivity index is 2.54. The maximum Gasteiger partial charge on any atom is 0.252 e. The number of nitrogens with zero attached hydrogens (tertiary/aromatic N) is 1. The molecule has 0 saturated heterocycles. The van der Waals surface area contributed by atoms with Crippen molar-refractivity contribution in [3.63, 3.8) is 0 Å². The lowest BCUT2D eigenvalue weighted by molar-refractivity contribution is -0.119. The third-order valence-electron chi connectivity index (χ3n) is 2.05. The van der Waals surface area contributed by atoms with Crippen LogP contribution in [-0.4, -0.2) is 11.9 Å². The predicted molar refractivity (Wildman–Crippen MR) is 42.7 cm³/mol. The van der Waals surface area contributed by atoms with Crippen LogP contribution >= 0.6 is 0 Å². The standard InChI is InChI=1S/C7H13N3O/c1-7(2)3-4(7)5(11)10-6(8)9/h4H,3H2,1-2H3,(H4,8,9,10,11). The molecule has 1 saturated carbocycles. The Kier molecular flexibility index (Phi) is 1.62. The average Bonchev–Trinajstić information content (AvgIpc) is 2.38. The molecular formula is C7H13N3O. The number of hydrogen-bond acceptors (Lipinski definition) is 1. The van der Waals surface area contributed by atoms with Gasteiger partial charge in [-0.3, -0.25) is 4.79 Å². The molecule has 1 aliphatic carbocycles. The van der Waals surface area contributed by atoms with Crippen molar-refractivity contribution in [1.29, 1.82) is 0 Å². The molecule has 0 aliphatic heterocycles. The van der Waals surface area contributed by atoms with Gasteiger partial charge in [-0.05, 0) is 11.8 Å². The van der Waals surface area contributed by atoms with Gasteiger partial charge < -0.3 is 11.5 Å². The van der Waals surface area contributed by atoms with Gasteiger partial charge >= 0.3 is 0 Å². The maximum atomic E-state index is 11.1. The van der Waals surface area contributed by atoms with Crippen molar-refractivity contribution >= 4 is 11.9 Å². The van der Waals surface area contributed by atoms with Crippen molar-refractivity contribution in [3.8, 4) is 0 Å². The molecule has 1 amide bonds. The smallest absolute Gasteiger partial charge is 0.252 e. The molecule has 0 bridgehead atoms. The fraction of sp³-hybridized carbons (Fsp3) is 0.714. The Hall–Kier alpha value is -1.06.